The van der Waals surface area contributed by atoms with Crippen LogP contribution in [0.25, 0.3) is 0 Å². The molecule has 0 spiro atoms. The van der Waals surface area contributed by atoms with Crippen molar-refractivity contribution in [2.45, 2.75) is 38.2 Å². The van der Waals surface area contributed by atoms with Crippen molar-refractivity contribution in [2.75, 3.05) is 13.7 Å². The minimum absolute atomic E-state index is 0.0410. The van der Waals surface area contributed by atoms with Crippen LogP contribution in [0.4, 0.5) is 0 Å². The van der Waals surface area contributed by atoms with Gasteiger partial charge in [0.15, 0.2) is 6.61 Å². The highest BCUT2D eigenvalue weighted by Crippen LogP contribution is 2.27. The van der Waals surface area contributed by atoms with E-state index in [4.69, 9.17) is 9.47 Å². The van der Waals surface area contributed by atoms with Gasteiger partial charge in [-0.2, -0.15) is 0 Å². The van der Waals surface area contributed by atoms with Crippen molar-refractivity contribution in [1.29, 1.82) is 0 Å². The van der Waals surface area contributed by atoms with Gasteiger partial charge in [0.25, 0.3) is 0 Å². The number of rotatable bonds is 4. The fourth-order valence-electron chi connectivity index (χ4n) is 2.71. The molecule has 21 heavy (non-hydrogen) atoms. The topological polar surface area (TPSA) is 35.5 Å². The molecule has 1 aromatic rings. The van der Waals surface area contributed by atoms with Crippen molar-refractivity contribution in [1.82, 2.24) is 0 Å². The number of carbonyl (C=O) groups is 1. The van der Waals surface area contributed by atoms with E-state index in [-0.39, 0.29) is 18.7 Å². The van der Waals surface area contributed by atoms with Crippen LogP contribution in [0.5, 0.6) is 0 Å². The smallest absolute Gasteiger partial charge is 0.339 e. The SMILES string of the molecule is COC(C#CCOC(=O)c1ccccc1)C1CCCCC1. The second kappa shape index (κ2) is 8.49. The Hall–Kier alpha value is -1.79. The van der Waals surface area contributed by atoms with Crippen molar-refractivity contribution < 1.29 is 14.3 Å². The number of carbonyl (C=O) groups excluding carboxylic acids is 1. The molecule has 3 nitrogen and oxygen atoms in total. The molecule has 1 aromatic carbocycles. The average Bonchev–Trinajstić information content (AvgIpc) is 2.56. The van der Waals surface area contributed by atoms with Crippen molar-refractivity contribution in [3.63, 3.8) is 0 Å². The molecule has 0 heterocycles. The summed E-state index contributed by atoms with van der Waals surface area (Å²) in [6.07, 6.45) is 6.15. The molecule has 1 fully saturated rings. The standard InChI is InChI=1S/C18H22O3/c1-20-17(15-9-4-2-5-10-15)13-8-14-21-18(19)16-11-6-3-7-12-16/h3,6-7,11-12,15,17H,2,4-5,9-10,14H2,1H3. The van der Waals surface area contributed by atoms with Gasteiger partial charge in [-0.1, -0.05) is 49.3 Å². The summed E-state index contributed by atoms with van der Waals surface area (Å²) in [5.41, 5.74) is 0.551. The van der Waals surface area contributed by atoms with Crippen LogP contribution in [-0.2, 0) is 9.47 Å². The second-order valence-corrected chi connectivity index (χ2v) is 5.32. The van der Waals surface area contributed by atoms with Crippen LogP contribution in [0.1, 0.15) is 42.5 Å². The Morgan fingerprint density at radius 2 is 1.95 bits per heavy atom. The lowest BCUT2D eigenvalue weighted by Gasteiger charge is -2.25. The molecule has 1 saturated carbocycles. The molecule has 0 N–H and O–H groups in total. The molecule has 1 atom stereocenters. The Morgan fingerprint density at radius 3 is 2.62 bits per heavy atom. The number of benzene rings is 1. The highest BCUT2D eigenvalue weighted by Gasteiger charge is 2.21. The van der Waals surface area contributed by atoms with Gasteiger partial charge < -0.3 is 9.47 Å². The number of ether oxygens (including phenoxy) is 2. The van der Waals surface area contributed by atoms with Gasteiger partial charge in [0.1, 0.15) is 6.10 Å². The summed E-state index contributed by atoms with van der Waals surface area (Å²) < 4.78 is 10.6. The van der Waals surface area contributed by atoms with Crippen LogP contribution < -0.4 is 0 Å². The van der Waals surface area contributed by atoms with Crippen LogP contribution in [-0.4, -0.2) is 25.8 Å². The van der Waals surface area contributed by atoms with Crippen LogP contribution in [0.3, 0.4) is 0 Å². The van der Waals surface area contributed by atoms with Gasteiger partial charge in [-0.3, -0.25) is 0 Å². The summed E-state index contributed by atoms with van der Waals surface area (Å²) in [6.45, 7) is 0.111. The van der Waals surface area contributed by atoms with Gasteiger partial charge in [0, 0.05) is 7.11 Å². The van der Waals surface area contributed by atoms with E-state index < -0.39 is 0 Å². The molecule has 1 aliphatic rings. The maximum Gasteiger partial charge on any atom is 0.339 e. The summed E-state index contributed by atoms with van der Waals surface area (Å²) in [7, 11) is 1.70. The van der Waals surface area contributed by atoms with Crippen molar-refractivity contribution in [2.24, 2.45) is 5.92 Å². The molecule has 0 aliphatic heterocycles. The zero-order valence-corrected chi connectivity index (χ0v) is 12.5. The molecule has 0 aromatic heterocycles. The first-order valence-electron chi connectivity index (χ1n) is 7.54. The van der Waals surface area contributed by atoms with Crippen molar-refractivity contribution in [3.8, 4) is 11.8 Å². The normalized spacial score (nSPS) is 16.6. The maximum atomic E-state index is 11.7. The molecule has 112 valence electrons. The molecule has 1 aliphatic carbocycles. The van der Waals surface area contributed by atoms with Crippen LogP contribution in [0, 0.1) is 17.8 Å². The summed E-state index contributed by atoms with van der Waals surface area (Å²) in [6, 6.07) is 8.95. The highest BCUT2D eigenvalue weighted by molar-refractivity contribution is 5.89. The minimum Gasteiger partial charge on any atom is -0.449 e. The molecule has 0 amide bonds. The van der Waals surface area contributed by atoms with Gasteiger partial charge in [0.2, 0.25) is 0 Å². The van der Waals surface area contributed by atoms with Gasteiger partial charge in [-0.15, -0.1) is 0 Å². The summed E-state index contributed by atoms with van der Waals surface area (Å²) in [5, 5.41) is 0. The number of esters is 1. The van der Waals surface area contributed by atoms with E-state index in [0.29, 0.717) is 11.5 Å². The first-order valence-corrected chi connectivity index (χ1v) is 7.54. The molecule has 0 radical (unpaired) electrons. The first kappa shape index (κ1) is 15.6. The predicted molar refractivity (Wildman–Crippen MR) is 81.9 cm³/mol. The zero-order valence-electron chi connectivity index (χ0n) is 12.5. The predicted octanol–water partition coefficient (Wildman–Crippen LogP) is 3.44. The van der Waals surface area contributed by atoms with E-state index in [2.05, 4.69) is 11.8 Å². The lowest BCUT2D eigenvalue weighted by atomic mass is 9.85. The molecule has 0 bridgehead atoms. The molecule has 1 unspecified atom stereocenters. The monoisotopic (exact) mass is 286 g/mol. The lowest BCUT2D eigenvalue weighted by molar-refractivity contribution is 0.0553. The quantitative estimate of drug-likeness (QED) is 0.628. The molecular formula is C18H22O3. The van der Waals surface area contributed by atoms with E-state index in [1.165, 1.54) is 32.1 Å². The Morgan fingerprint density at radius 1 is 1.24 bits per heavy atom. The number of methoxy groups -OCH3 is 1. The van der Waals surface area contributed by atoms with E-state index in [1.807, 2.05) is 18.2 Å². The third-order valence-corrected chi connectivity index (χ3v) is 3.86. The highest BCUT2D eigenvalue weighted by atomic mass is 16.5. The van der Waals surface area contributed by atoms with E-state index in [9.17, 15) is 4.79 Å². The van der Waals surface area contributed by atoms with Gasteiger partial charge in [-0.25, -0.2) is 4.79 Å². The third-order valence-electron chi connectivity index (χ3n) is 3.86. The van der Waals surface area contributed by atoms with Gasteiger partial charge in [0.05, 0.1) is 5.56 Å². The first-order chi connectivity index (χ1) is 10.3. The molecule has 2 rings (SSSR count). The minimum atomic E-state index is -0.337. The van der Waals surface area contributed by atoms with E-state index in [1.54, 1.807) is 19.2 Å². The van der Waals surface area contributed by atoms with Crippen molar-refractivity contribution >= 4 is 5.97 Å². The fourth-order valence-corrected chi connectivity index (χ4v) is 2.71. The lowest BCUT2D eigenvalue weighted by Crippen LogP contribution is -2.23. The Labute approximate surface area is 126 Å². The summed E-state index contributed by atoms with van der Waals surface area (Å²) >= 11 is 0. The maximum absolute atomic E-state index is 11.7. The van der Waals surface area contributed by atoms with Crippen LogP contribution in [0.2, 0.25) is 0 Å². The summed E-state index contributed by atoms with van der Waals surface area (Å²) in [5.74, 6) is 6.19. The Balaban J connectivity index is 1.80. The molecule has 3 heteroatoms. The molecular weight excluding hydrogens is 264 g/mol. The summed E-state index contributed by atoms with van der Waals surface area (Å²) in [4.78, 5) is 11.7. The largest absolute Gasteiger partial charge is 0.449 e. The Kier molecular flexibility index (Phi) is 6.30. The number of hydrogen-bond donors (Lipinski definition) is 0. The van der Waals surface area contributed by atoms with Gasteiger partial charge >= 0.3 is 5.97 Å². The van der Waals surface area contributed by atoms with E-state index in [0.717, 1.165) is 0 Å². The Bertz CT molecular complexity index is 492. The van der Waals surface area contributed by atoms with Crippen LogP contribution >= 0.6 is 0 Å². The molecule has 0 saturated heterocycles. The fraction of sp³-hybridized carbons (Fsp3) is 0.500. The zero-order chi connectivity index (χ0) is 14.9. The average molecular weight is 286 g/mol. The second-order valence-electron chi connectivity index (χ2n) is 5.32. The number of hydrogen-bond acceptors (Lipinski definition) is 3. The van der Waals surface area contributed by atoms with Crippen LogP contribution in [0.15, 0.2) is 30.3 Å². The van der Waals surface area contributed by atoms with E-state index >= 15 is 0 Å². The van der Waals surface area contributed by atoms with Crippen molar-refractivity contribution in [3.05, 3.63) is 35.9 Å². The third kappa shape index (κ3) is 4.91. The van der Waals surface area contributed by atoms with Gasteiger partial charge in [-0.05, 0) is 30.9 Å².